The van der Waals surface area contributed by atoms with Crippen LogP contribution in [0.4, 0.5) is 5.95 Å². The molecular formula is C14H17BrN4OS. The third-order valence-electron chi connectivity index (χ3n) is 2.31. The summed E-state index contributed by atoms with van der Waals surface area (Å²) in [5, 5.41) is 3.70. The van der Waals surface area contributed by atoms with Crippen LogP contribution in [0.15, 0.2) is 38.8 Å². The van der Waals surface area contributed by atoms with Gasteiger partial charge in [0.1, 0.15) is 0 Å². The number of nitrogens with zero attached hydrogens (tertiary/aromatic N) is 3. The first-order chi connectivity index (χ1) is 10.1. The number of rotatable bonds is 6. The van der Waals surface area contributed by atoms with Gasteiger partial charge in [-0.15, -0.1) is 0 Å². The van der Waals surface area contributed by atoms with Gasteiger partial charge in [0.25, 0.3) is 0 Å². The fraction of sp³-hybridized carbons (Fsp3) is 0.357. The quantitative estimate of drug-likeness (QED) is 0.831. The Hall–Kier alpha value is -1.34. The van der Waals surface area contributed by atoms with E-state index in [2.05, 4.69) is 36.2 Å². The maximum Gasteiger partial charge on any atom is 0.322 e. The van der Waals surface area contributed by atoms with Gasteiger partial charge in [0.15, 0.2) is 0 Å². The van der Waals surface area contributed by atoms with Crippen molar-refractivity contribution in [1.82, 2.24) is 15.0 Å². The Morgan fingerprint density at radius 2 is 2.00 bits per heavy atom. The van der Waals surface area contributed by atoms with Crippen molar-refractivity contribution in [3.63, 3.8) is 0 Å². The van der Waals surface area contributed by atoms with Gasteiger partial charge in [-0.05, 0) is 60.6 Å². The van der Waals surface area contributed by atoms with Crippen molar-refractivity contribution in [1.29, 1.82) is 0 Å². The van der Waals surface area contributed by atoms with Crippen LogP contribution in [-0.4, -0.2) is 27.6 Å². The molecule has 2 rings (SSSR count). The van der Waals surface area contributed by atoms with Crippen molar-refractivity contribution in [3.05, 3.63) is 28.7 Å². The predicted molar refractivity (Wildman–Crippen MR) is 88.0 cm³/mol. The summed E-state index contributed by atoms with van der Waals surface area (Å²) < 4.78 is 6.59. The highest BCUT2D eigenvalue weighted by Crippen LogP contribution is 2.32. The molecule has 5 nitrogen and oxygen atoms in total. The van der Waals surface area contributed by atoms with E-state index in [4.69, 9.17) is 4.74 Å². The van der Waals surface area contributed by atoms with Crippen molar-refractivity contribution < 1.29 is 4.74 Å². The molecule has 0 spiro atoms. The van der Waals surface area contributed by atoms with Gasteiger partial charge in [0, 0.05) is 15.9 Å². The topological polar surface area (TPSA) is 59.9 Å². The second kappa shape index (κ2) is 7.61. The van der Waals surface area contributed by atoms with E-state index in [1.54, 1.807) is 0 Å². The summed E-state index contributed by atoms with van der Waals surface area (Å²) in [6.07, 6.45) is 0.0168. The molecule has 0 atom stereocenters. The Morgan fingerprint density at radius 1 is 1.24 bits per heavy atom. The van der Waals surface area contributed by atoms with Crippen molar-refractivity contribution in [2.75, 3.05) is 11.9 Å². The fourth-order valence-corrected chi connectivity index (χ4v) is 2.80. The van der Waals surface area contributed by atoms with E-state index in [-0.39, 0.29) is 6.10 Å². The van der Waals surface area contributed by atoms with E-state index < -0.39 is 0 Å². The molecule has 0 radical (unpaired) electrons. The highest BCUT2D eigenvalue weighted by atomic mass is 79.9. The Labute approximate surface area is 137 Å². The third kappa shape index (κ3) is 4.86. The highest BCUT2D eigenvalue weighted by Gasteiger charge is 2.11. The SMILES string of the molecule is CCNc1nc(OC(C)C)nc(Sc2ccccc2Br)n1. The maximum atomic E-state index is 5.58. The largest absolute Gasteiger partial charge is 0.461 e. The van der Waals surface area contributed by atoms with Crippen LogP contribution < -0.4 is 10.1 Å². The molecule has 1 aromatic carbocycles. The Morgan fingerprint density at radius 3 is 2.67 bits per heavy atom. The average Bonchev–Trinajstić information content (AvgIpc) is 2.41. The Kier molecular flexibility index (Phi) is 5.81. The molecule has 1 aromatic heterocycles. The number of nitrogens with one attached hydrogen (secondary N) is 1. The summed E-state index contributed by atoms with van der Waals surface area (Å²) in [6.45, 7) is 6.62. The van der Waals surface area contributed by atoms with Crippen LogP contribution in [0.3, 0.4) is 0 Å². The van der Waals surface area contributed by atoms with Crippen LogP contribution in [0, 0.1) is 0 Å². The molecule has 0 fully saturated rings. The molecule has 1 heterocycles. The molecule has 0 aliphatic heterocycles. The maximum absolute atomic E-state index is 5.58. The van der Waals surface area contributed by atoms with E-state index in [1.807, 2.05) is 45.0 Å². The standard InChI is InChI=1S/C14H17BrN4OS/c1-4-16-12-17-13(20-9(2)3)19-14(18-12)21-11-8-6-5-7-10(11)15/h5-9H,4H2,1-3H3,(H,16,17,18,19). The van der Waals surface area contributed by atoms with E-state index in [0.717, 1.165) is 15.9 Å². The zero-order valence-corrected chi connectivity index (χ0v) is 14.5. The van der Waals surface area contributed by atoms with Gasteiger partial charge in [-0.3, -0.25) is 0 Å². The zero-order chi connectivity index (χ0) is 15.2. The fourth-order valence-electron chi connectivity index (χ4n) is 1.51. The lowest BCUT2D eigenvalue weighted by Crippen LogP contribution is -2.11. The molecular weight excluding hydrogens is 352 g/mol. The molecule has 7 heteroatoms. The Balaban J connectivity index is 2.29. The summed E-state index contributed by atoms with van der Waals surface area (Å²) >= 11 is 4.99. The number of ether oxygens (including phenoxy) is 1. The number of hydrogen-bond acceptors (Lipinski definition) is 6. The van der Waals surface area contributed by atoms with Gasteiger partial charge in [-0.25, -0.2) is 0 Å². The summed E-state index contributed by atoms with van der Waals surface area (Å²) in [5.74, 6) is 0.526. The minimum absolute atomic E-state index is 0.0168. The van der Waals surface area contributed by atoms with Crippen LogP contribution in [0.1, 0.15) is 20.8 Å². The molecule has 0 amide bonds. The van der Waals surface area contributed by atoms with E-state index in [1.165, 1.54) is 11.8 Å². The first-order valence-electron chi connectivity index (χ1n) is 6.67. The second-order valence-electron chi connectivity index (χ2n) is 4.45. The number of anilines is 1. The number of hydrogen-bond donors (Lipinski definition) is 1. The number of benzene rings is 1. The minimum atomic E-state index is 0.0168. The van der Waals surface area contributed by atoms with Gasteiger partial charge in [0.05, 0.1) is 6.10 Å². The van der Waals surface area contributed by atoms with Gasteiger partial charge in [0.2, 0.25) is 11.1 Å². The number of halogens is 1. The van der Waals surface area contributed by atoms with Crippen molar-refractivity contribution in [2.45, 2.75) is 36.9 Å². The van der Waals surface area contributed by atoms with Crippen LogP contribution in [0.25, 0.3) is 0 Å². The smallest absolute Gasteiger partial charge is 0.322 e. The van der Waals surface area contributed by atoms with E-state index in [9.17, 15) is 0 Å². The lowest BCUT2D eigenvalue weighted by molar-refractivity contribution is 0.219. The van der Waals surface area contributed by atoms with E-state index >= 15 is 0 Å². The summed E-state index contributed by atoms with van der Waals surface area (Å²) in [7, 11) is 0. The summed E-state index contributed by atoms with van der Waals surface area (Å²) in [6, 6.07) is 8.28. The molecule has 112 valence electrons. The van der Waals surface area contributed by atoms with Gasteiger partial charge in [-0.1, -0.05) is 12.1 Å². The summed E-state index contributed by atoms with van der Waals surface area (Å²) in [4.78, 5) is 14.0. The van der Waals surface area contributed by atoms with Crippen LogP contribution in [-0.2, 0) is 0 Å². The Bertz CT molecular complexity index is 609. The molecule has 2 aromatic rings. The van der Waals surface area contributed by atoms with Crippen molar-refractivity contribution in [2.24, 2.45) is 0 Å². The van der Waals surface area contributed by atoms with Gasteiger partial charge in [-0.2, -0.15) is 15.0 Å². The molecule has 0 unspecified atom stereocenters. The van der Waals surface area contributed by atoms with Crippen LogP contribution in [0.5, 0.6) is 6.01 Å². The molecule has 0 saturated heterocycles. The average molecular weight is 369 g/mol. The number of aromatic nitrogens is 3. The molecule has 0 bridgehead atoms. The monoisotopic (exact) mass is 368 g/mol. The highest BCUT2D eigenvalue weighted by molar-refractivity contribution is 9.10. The predicted octanol–water partition coefficient (Wildman–Crippen LogP) is 4.00. The summed E-state index contributed by atoms with van der Waals surface area (Å²) in [5.41, 5.74) is 0. The van der Waals surface area contributed by atoms with Crippen molar-refractivity contribution >= 4 is 33.6 Å². The molecule has 21 heavy (non-hydrogen) atoms. The molecule has 1 N–H and O–H groups in total. The molecule has 0 aliphatic rings. The first-order valence-corrected chi connectivity index (χ1v) is 8.28. The second-order valence-corrected chi connectivity index (χ2v) is 6.32. The van der Waals surface area contributed by atoms with Crippen LogP contribution in [0.2, 0.25) is 0 Å². The minimum Gasteiger partial charge on any atom is -0.461 e. The zero-order valence-electron chi connectivity index (χ0n) is 12.1. The normalized spacial score (nSPS) is 10.7. The van der Waals surface area contributed by atoms with Gasteiger partial charge < -0.3 is 10.1 Å². The lowest BCUT2D eigenvalue weighted by Gasteiger charge is -2.11. The van der Waals surface area contributed by atoms with Gasteiger partial charge >= 0.3 is 6.01 Å². The van der Waals surface area contributed by atoms with E-state index in [0.29, 0.717) is 17.1 Å². The first kappa shape index (κ1) is 16.0. The third-order valence-corrected chi connectivity index (χ3v) is 4.20. The molecule has 0 aliphatic carbocycles. The lowest BCUT2D eigenvalue weighted by atomic mass is 10.4. The van der Waals surface area contributed by atoms with Crippen molar-refractivity contribution in [3.8, 4) is 6.01 Å². The molecule has 0 saturated carbocycles. The van der Waals surface area contributed by atoms with Crippen LogP contribution >= 0.6 is 27.7 Å².